The Bertz CT molecular complexity index is 543. The van der Waals surface area contributed by atoms with Gasteiger partial charge in [-0.3, -0.25) is 14.2 Å². The number of aliphatic hydroxyl groups excluding tert-OH is 1. The first-order valence-electron chi connectivity index (χ1n) is 6.23. The van der Waals surface area contributed by atoms with E-state index in [1.54, 1.807) is 18.2 Å². The maximum Gasteiger partial charge on any atom is 0.307 e. The van der Waals surface area contributed by atoms with E-state index in [-0.39, 0.29) is 12.0 Å². The summed E-state index contributed by atoms with van der Waals surface area (Å²) in [5, 5.41) is 27.5. The van der Waals surface area contributed by atoms with E-state index in [1.807, 2.05) is 0 Å². The summed E-state index contributed by atoms with van der Waals surface area (Å²) in [6, 6.07) is 7.75. The molecule has 0 saturated heterocycles. The van der Waals surface area contributed by atoms with Gasteiger partial charge in [0.15, 0.2) is 5.85 Å². The second-order valence-corrected chi connectivity index (χ2v) is 7.06. The molecule has 0 heterocycles. The summed E-state index contributed by atoms with van der Waals surface area (Å²) in [6.07, 6.45) is -1.36. The first-order valence-corrected chi connectivity index (χ1v) is 8.14. The quantitative estimate of drug-likeness (QED) is 0.534. The number of benzene rings is 1. The molecule has 4 N–H and O–H groups in total. The number of carboxylic acid groups (broad SMARTS) is 2. The minimum Gasteiger partial charge on any atom is -0.481 e. The van der Waals surface area contributed by atoms with Crippen molar-refractivity contribution in [2.24, 2.45) is 5.92 Å². The Morgan fingerprint density at radius 2 is 1.71 bits per heavy atom. The fourth-order valence-corrected chi connectivity index (χ4v) is 3.67. The Balaban J connectivity index is 2.83. The first kappa shape index (κ1) is 17.4. The van der Waals surface area contributed by atoms with Crippen LogP contribution in [-0.4, -0.2) is 38.3 Å². The van der Waals surface area contributed by atoms with Gasteiger partial charge in [-0.1, -0.05) is 30.3 Å². The zero-order valence-corrected chi connectivity index (χ0v) is 12.0. The lowest BCUT2D eigenvalue weighted by atomic mass is 10.1. The third kappa shape index (κ3) is 5.30. The number of aliphatic carboxylic acids is 2. The van der Waals surface area contributed by atoms with Gasteiger partial charge in [0.1, 0.15) is 0 Å². The average Bonchev–Trinajstić information content (AvgIpc) is 2.43. The number of carbonyl (C=O) groups is 2. The van der Waals surface area contributed by atoms with Crippen molar-refractivity contribution in [2.75, 3.05) is 6.16 Å². The largest absolute Gasteiger partial charge is 0.481 e. The van der Waals surface area contributed by atoms with E-state index in [9.17, 15) is 24.2 Å². The number of hydrogen-bond donors (Lipinski definition) is 4. The van der Waals surface area contributed by atoms with E-state index in [1.165, 1.54) is 12.1 Å². The van der Waals surface area contributed by atoms with Gasteiger partial charge >= 0.3 is 11.9 Å². The lowest BCUT2D eigenvalue weighted by Gasteiger charge is -2.21. The lowest BCUT2D eigenvalue weighted by Crippen LogP contribution is -2.21. The molecule has 1 aromatic rings. The van der Waals surface area contributed by atoms with Crippen LogP contribution in [0.5, 0.6) is 0 Å². The third-order valence-electron chi connectivity index (χ3n) is 3.02. The van der Waals surface area contributed by atoms with E-state index >= 15 is 0 Å². The van der Waals surface area contributed by atoms with Crippen molar-refractivity contribution >= 4 is 19.3 Å². The van der Waals surface area contributed by atoms with Crippen LogP contribution in [0.3, 0.4) is 0 Å². The minimum absolute atomic E-state index is 0.214. The molecule has 8 heteroatoms. The fraction of sp³-hybridized carbons (Fsp3) is 0.385. The summed E-state index contributed by atoms with van der Waals surface area (Å²) >= 11 is 0. The molecule has 3 atom stereocenters. The van der Waals surface area contributed by atoms with Crippen LogP contribution in [0.2, 0.25) is 0 Å². The minimum atomic E-state index is -4.19. The van der Waals surface area contributed by atoms with Gasteiger partial charge in [-0.2, -0.15) is 0 Å². The van der Waals surface area contributed by atoms with Gasteiger partial charge in [0, 0.05) is 12.6 Å². The average molecular weight is 316 g/mol. The molecule has 0 aliphatic rings. The molecule has 0 aliphatic carbocycles. The summed E-state index contributed by atoms with van der Waals surface area (Å²) in [5.41, 5.74) is 0.214. The Labute approximate surface area is 121 Å². The zero-order valence-electron chi connectivity index (χ0n) is 11.1. The molecule has 1 aromatic carbocycles. The molecule has 0 spiro atoms. The van der Waals surface area contributed by atoms with Crippen LogP contribution in [0.15, 0.2) is 30.3 Å². The SMILES string of the molecule is O=C(O)CC[C@H](CP(=O)(O)[C@@H](O)c1ccccc1)C(=O)O. The Morgan fingerprint density at radius 1 is 1.14 bits per heavy atom. The topological polar surface area (TPSA) is 132 Å². The van der Waals surface area contributed by atoms with Crippen molar-refractivity contribution in [2.45, 2.75) is 18.7 Å². The molecule has 0 aromatic heterocycles. The van der Waals surface area contributed by atoms with Crippen LogP contribution in [0.1, 0.15) is 24.3 Å². The van der Waals surface area contributed by atoms with Gasteiger partial charge in [0.05, 0.1) is 5.92 Å². The molecule has 0 amide bonds. The third-order valence-corrected chi connectivity index (χ3v) is 5.04. The highest BCUT2D eigenvalue weighted by molar-refractivity contribution is 7.58. The van der Waals surface area contributed by atoms with Crippen molar-refractivity contribution in [1.29, 1.82) is 0 Å². The number of hydrogen-bond acceptors (Lipinski definition) is 4. The molecule has 116 valence electrons. The highest BCUT2D eigenvalue weighted by Gasteiger charge is 2.36. The molecule has 0 bridgehead atoms. The van der Waals surface area contributed by atoms with Crippen molar-refractivity contribution < 1.29 is 34.4 Å². The smallest absolute Gasteiger partial charge is 0.307 e. The van der Waals surface area contributed by atoms with Crippen LogP contribution in [0.25, 0.3) is 0 Å². The monoisotopic (exact) mass is 316 g/mol. The van der Waals surface area contributed by atoms with E-state index < -0.39 is 43.7 Å². The standard InChI is InChI=1S/C13H17O7P/c14-11(15)7-6-10(12(16)17)8-21(19,20)13(18)9-4-2-1-3-5-9/h1-5,10,13,18H,6-8H2,(H,14,15)(H,16,17)(H,19,20)/t10-,13-/m1/s1. The zero-order chi connectivity index (χ0) is 16.0. The van der Waals surface area contributed by atoms with Gasteiger partial charge < -0.3 is 20.2 Å². The van der Waals surface area contributed by atoms with Crippen molar-refractivity contribution in [3.63, 3.8) is 0 Å². The fourth-order valence-electron chi connectivity index (χ4n) is 1.86. The summed E-state index contributed by atoms with van der Waals surface area (Å²) < 4.78 is 12.2. The molecule has 0 fully saturated rings. The summed E-state index contributed by atoms with van der Waals surface area (Å²) in [5.74, 6) is -5.52. The van der Waals surface area contributed by atoms with Gasteiger partial charge in [-0.15, -0.1) is 0 Å². The predicted molar refractivity (Wildman–Crippen MR) is 74.1 cm³/mol. The van der Waals surface area contributed by atoms with Gasteiger partial charge in [-0.25, -0.2) is 0 Å². The molecule has 0 radical (unpaired) electrons. The molecule has 0 aliphatic heterocycles. The first-order chi connectivity index (χ1) is 9.74. The van der Waals surface area contributed by atoms with Gasteiger partial charge in [0.25, 0.3) is 0 Å². The van der Waals surface area contributed by atoms with Crippen LogP contribution < -0.4 is 0 Å². The van der Waals surface area contributed by atoms with Crippen LogP contribution >= 0.6 is 7.37 Å². The van der Waals surface area contributed by atoms with Crippen molar-refractivity contribution in [1.82, 2.24) is 0 Å². The second kappa shape index (κ2) is 7.36. The molecular weight excluding hydrogens is 299 g/mol. The van der Waals surface area contributed by atoms with Crippen LogP contribution in [-0.2, 0) is 14.2 Å². The highest BCUT2D eigenvalue weighted by Crippen LogP contribution is 2.55. The van der Waals surface area contributed by atoms with Crippen LogP contribution in [0.4, 0.5) is 0 Å². The van der Waals surface area contributed by atoms with E-state index in [4.69, 9.17) is 10.2 Å². The number of aliphatic hydroxyl groups is 1. The summed E-state index contributed by atoms with van der Waals surface area (Å²) in [6.45, 7) is 0. The van der Waals surface area contributed by atoms with E-state index in [0.29, 0.717) is 0 Å². The maximum atomic E-state index is 12.2. The molecule has 21 heavy (non-hydrogen) atoms. The Kier molecular flexibility index (Phi) is 6.08. The summed E-state index contributed by atoms with van der Waals surface area (Å²) in [7, 11) is -4.19. The second-order valence-electron chi connectivity index (χ2n) is 4.69. The Morgan fingerprint density at radius 3 is 2.19 bits per heavy atom. The Hall–Kier alpha value is -1.69. The predicted octanol–water partition coefficient (Wildman–Crippen LogP) is 1.51. The lowest BCUT2D eigenvalue weighted by molar-refractivity contribution is -0.142. The van der Waals surface area contributed by atoms with Gasteiger partial charge in [-0.05, 0) is 12.0 Å². The summed E-state index contributed by atoms with van der Waals surface area (Å²) in [4.78, 5) is 31.4. The van der Waals surface area contributed by atoms with Gasteiger partial charge in [0.2, 0.25) is 7.37 Å². The normalized spacial score (nSPS) is 16.7. The number of carboxylic acids is 2. The number of rotatable bonds is 8. The molecule has 0 saturated carbocycles. The highest BCUT2D eigenvalue weighted by atomic mass is 31.2. The van der Waals surface area contributed by atoms with E-state index in [2.05, 4.69) is 0 Å². The molecule has 7 nitrogen and oxygen atoms in total. The van der Waals surface area contributed by atoms with E-state index in [0.717, 1.165) is 0 Å². The van der Waals surface area contributed by atoms with Crippen molar-refractivity contribution in [3.05, 3.63) is 35.9 Å². The molecule has 1 unspecified atom stereocenters. The molecular formula is C13H17O7P. The van der Waals surface area contributed by atoms with Crippen molar-refractivity contribution in [3.8, 4) is 0 Å². The van der Waals surface area contributed by atoms with Crippen LogP contribution in [0, 0.1) is 5.92 Å². The molecule has 1 rings (SSSR count). The maximum absolute atomic E-state index is 12.2.